The summed E-state index contributed by atoms with van der Waals surface area (Å²) in [5, 5.41) is 0. The molecule has 0 aliphatic rings. The zero-order valence-electron chi connectivity index (χ0n) is 12.2. The number of benzene rings is 1. The first kappa shape index (κ1) is 13.8. The van der Waals surface area contributed by atoms with Gasteiger partial charge in [0, 0.05) is 18.3 Å². The fraction of sp³-hybridized carbons (Fsp3) is 0.389. The van der Waals surface area contributed by atoms with Crippen LogP contribution in [0, 0.1) is 0 Å². The number of hydrogen-bond acceptors (Lipinski definition) is 1. The van der Waals surface area contributed by atoms with Gasteiger partial charge in [0.05, 0.1) is 0 Å². The van der Waals surface area contributed by atoms with E-state index in [9.17, 15) is 0 Å². The zero-order chi connectivity index (χ0) is 13.7. The molecule has 1 aromatic heterocycles. The molecule has 0 saturated carbocycles. The zero-order valence-corrected chi connectivity index (χ0v) is 12.2. The molecule has 0 aliphatic heterocycles. The summed E-state index contributed by atoms with van der Waals surface area (Å²) in [6.45, 7) is 6.88. The van der Waals surface area contributed by atoms with Gasteiger partial charge in [-0.3, -0.25) is 4.98 Å². The summed E-state index contributed by atoms with van der Waals surface area (Å²) < 4.78 is 0. The van der Waals surface area contributed by atoms with Crippen molar-refractivity contribution in [2.75, 3.05) is 0 Å². The van der Waals surface area contributed by atoms with E-state index in [4.69, 9.17) is 0 Å². The molecular formula is C18H23N. The number of pyridine rings is 1. The van der Waals surface area contributed by atoms with Crippen LogP contribution >= 0.6 is 0 Å². The number of nitrogens with zero attached hydrogens (tertiary/aromatic N) is 1. The van der Waals surface area contributed by atoms with E-state index < -0.39 is 0 Å². The summed E-state index contributed by atoms with van der Waals surface area (Å²) in [5.41, 5.74) is 4.12. The average molecular weight is 253 g/mol. The molecule has 19 heavy (non-hydrogen) atoms. The Bertz CT molecular complexity index is 514. The second kappa shape index (κ2) is 6.01. The third-order valence-electron chi connectivity index (χ3n) is 3.70. The van der Waals surface area contributed by atoms with Gasteiger partial charge in [-0.15, -0.1) is 0 Å². The molecule has 0 saturated heterocycles. The maximum absolute atomic E-state index is 4.51. The molecule has 0 aliphatic carbocycles. The predicted octanol–water partition coefficient (Wildman–Crippen LogP) is 4.75. The van der Waals surface area contributed by atoms with Crippen molar-refractivity contribution < 1.29 is 0 Å². The third-order valence-corrected chi connectivity index (χ3v) is 3.70. The van der Waals surface area contributed by atoms with E-state index >= 15 is 0 Å². The maximum Gasteiger partial charge on any atom is 0.0450 e. The quantitative estimate of drug-likeness (QED) is 0.749. The summed E-state index contributed by atoms with van der Waals surface area (Å²) in [6.07, 6.45) is 5.28. The van der Waals surface area contributed by atoms with E-state index in [1.807, 2.05) is 6.20 Å². The lowest BCUT2D eigenvalue weighted by Gasteiger charge is -2.25. The van der Waals surface area contributed by atoms with Gasteiger partial charge in [0.2, 0.25) is 0 Å². The predicted molar refractivity (Wildman–Crippen MR) is 81.4 cm³/mol. The Labute approximate surface area is 116 Å². The second-order valence-corrected chi connectivity index (χ2v) is 5.83. The molecule has 2 aromatic rings. The maximum atomic E-state index is 4.51. The van der Waals surface area contributed by atoms with Crippen LogP contribution in [0.5, 0.6) is 0 Å². The van der Waals surface area contributed by atoms with Crippen LogP contribution in [-0.4, -0.2) is 4.98 Å². The van der Waals surface area contributed by atoms with Crippen LogP contribution < -0.4 is 0 Å². The van der Waals surface area contributed by atoms with E-state index in [2.05, 4.69) is 68.2 Å². The Morgan fingerprint density at radius 2 is 1.79 bits per heavy atom. The average Bonchev–Trinajstić information content (AvgIpc) is 2.40. The topological polar surface area (TPSA) is 12.9 Å². The minimum Gasteiger partial charge on any atom is -0.261 e. The fourth-order valence-corrected chi connectivity index (χ4v) is 2.57. The molecule has 1 heteroatoms. The molecule has 0 bridgehead atoms. The van der Waals surface area contributed by atoms with E-state index in [0.717, 1.165) is 12.1 Å². The molecule has 1 nitrogen and oxygen atoms in total. The Hall–Kier alpha value is -1.63. The lowest BCUT2D eigenvalue weighted by Crippen LogP contribution is -2.17. The van der Waals surface area contributed by atoms with Gasteiger partial charge in [0.1, 0.15) is 0 Å². The van der Waals surface area contributed by atoms with Crippen molar-refractivity contribution in [2.24, 2.45) is 0 Å². The monoisotopic (exact) mass is 253 g/mol. The smallest absolute Gasteiger partial charge is 0.0450 e. The molecule has 0 spiro atoms. The molecule has 0 fully saturated rings. The van der Waals surface area contributed by atoms with Gasteiger partial charge >= 0.3 is 0 Å². The normalized spacial score (nSPS) is 11.5. The van der Waals surface area contributed by atoms with Gasteiger partial charge in [-0.25, -0.2) is 0 Å². The van der Waals surface area contributed by atoms with Crippen molar-refractivity contribution >= 4 is 0 Å². The summed E-state index contributed by atoms with van der Waals surface area (Å²) in [4.78, 5) is 4.51. The lowest BCUT2D eigenvalue weighted by atomic mass is 9.81. The summed E-state index contributed by atoms with van der Waals surface area (Å²) in [5.74, 6) is 0. The van der Waals surface area contributed by atoms with Crippen LogP contribution in [0.3, 0.4) is 0 Å². The van der Waals surface area contributed by atoms with Crippen molar-refractivity contribution in [3.8, 4) is 0 Å². The lowest BCUT2D eigenvalue weighted by molar-refractivity contribution is 0.472. The van der Waals surface area contributed by atoms with Crippen LogP contribution in [-0.2, 0) is 11.8 Å². The van der Waals surface area contributed by atoms with Gasteiger partial charge in [0.15, 0.2) is 0 Å². The highest BCUT2D eigenvalue weighted by Crippen LogP contribution is 2.28. The molecule has 1 aromatic carbocycles. The highest BCUT2D eigenvalue weighted by molar-refractivity contribution is 5.28. The number of rotatable bonds is 5. The van der Waals surface area contributed by atoms with Crippen LogP contribution in [0.15, 0.2) is 48.7 Å². The van der Waals surface area contributed by atoms with Crippen molar-refractivity contribution in [1.29, 1.82) is 0 Å². The van der Waals surface area contributed by atoms with Crippen molar-refractivity contribution in [3.63, 3.8) is 0 Å². The Morgan fingerprint density at radius 3 is 2.47 bits per heavy atom. The molecule has 0 radical (unpaired) electrons. The van der Waals surface area contributed by atoms with Gasteiger partial charge in [-0.2, -0.15) is 0 Å². The Kier molecular flexibility index (Phi) is 4.36. The minimum absolute atomic E-state index is 0.239. The van der Waals surface area contributed by atoms with Crippen LogP contribution in [0.25, 0.3) is 0 Å². The first-order valence-electron chi connectivity index (χ1n) is 7.11. The van der Waals surface area contributed by atoms with Crippen LogP contribution in [0.1, 0.15) is 50.4 Å². The van der Waals surface area contributed by atoms with Crippen LogP contribution in [0.4, 0.5) is 0 Å². The number of hydrogen-bond donors (Lipinski definition) is 0. The molecule has 0 amide bonds. The second-order valence-electron chi connectivity index (χ2n) is 5.83. The molecule has 0 atom stereocenters. The Balaban J connectivity index is 2.20. The van der Waals surface area contributed by atoms with Gasteiger partial charge in [-0.1, -0.05) is 57.5 Å². The first-order valence-corrected chi connectivity index (χ1v) is 7.11. The van der Waals surface area contributed by atoms with Gasteiger partial charge in [-0.05, 0) is 35.1 Å². The number of aromatic nitrogens is 1. The van der Waals surface area contributed by atoms with Crippen molar-refractivity contribution in [3.05, 3.63) is 65.5 Å². The summed E-state index contributed by atoms with van der Waals surface area (Å²) in [6, 6.07) is 15.0. The molecule has 0 unspecified atom stereocenters. The van der Waals surface area contributed by atoms with Crippen molar-refractivity contribution in [1.82, 2.24) is 4.98 Å². The highest BCUT2D eigenvalue weighted by atomic mass is 14.7. The molecule has 100 valence electrons. The Morgan fingerprint density at radius 1 is 1.05 bits per heavy atom. The molecule has 1 heterocycles. The van der Waals surface area contributed by atoms with Gasteiger partial charge < -0.3 is 0 Å². The molecule has 0 N–H and O–H groups in total. The standard InChI is InChI=1S/C18H23N/c1-4-11-18(2,3)16-10-12-19-17(14-16)13-15-8-6-5-7-9-15/h5-10,12,14H,4,11,13H2,1-3H3. The minimum atomic E-state index is 0.239. The fourth-order valence-electron chi connectivity index (χ4n) is 2.57. The summed E-state index contributed by atoms with van der Waals surface area (Å²) in [7, 11) is 0. The summed E-state index contributed by atoms with van der Waals surface area (Å²) >= 11 is 0. The molecular weight excluding hydrogens is 230 g/mol. The van der Waals surface area contributed by atoms with Crippen molar-refractivity contribution in [2.45, 2.75) is 45.4 Å². The SMILES string of the molecule is CCCC(C)(C)c1ccnc(Cc2ccccc2)c1. The van der Waals surface area contributed by atoms with Crippen LogP contribution in [0.2, 0.25) is 0 Å². The van der Waals surface area contributed by atoms with E-state index in [1.54, 1.807) is 0 Å². The van der Waals surface area contributed by atoms with E-state index in [-0.39, 0.29) is 5.41 Å². The molecule has 2 rings (SSSR count). The van der Waals surface area contributed by atoms with E-state index in [1.165, 1.54) is 24.0 Å². The highest BCUT2D eigenvalue weighted by Gasteiger charge is 2.19. The largest absolute Gasteiger partial charge is 0.261 e. The van der Waals surface area contributed by atoms with E-state index in [0.29, 0.717) is 0 Å². The first-order chi connectivity index (χ1) is 9.12. The third kappa shape index (κ3) is 3.66. The van der Waals surface area contributed by atoms with Gasteiger partial charge in [0.25, 0.3) is 0 Å².